The molecule has 0 unspecified atom stereocenters. The van der Waals surface area contributed by atoms with E-state index < -0.39 is 17.6 Å². The second kappa shape index (κ2) is 13.6. The minimum Gasteiger partial charge on any atom is -0.438 e. The van der Waals surface area contributed by atoms with Crippen LogP contribution >= 0.6 is 11.6 Å². The molecule has 1 aliphatic heterocycles. The summed E-state index contributed by atoms with van der Waals surface area (Å²) in [5.41, 5.74) is 0.185. The summed E-state index contributed by atoms with van der Waals surface area (Å²) in [5, 5.41) is 13.4. The monoisotopic (exact) mass is 638 g/mol. The first-order chi connectivity index (χ1) is 21.5. The summed E-state index contributed by atoms with van der Waals surface area (Å²) in [4.78, 5) is 30.3. The third-order valence-electron chi connectivity index (χ3n) is 7.29. The van der Waals surface area contributed by atoms with Crippen molar-refractivity contribution < 1.29 is 22.7 Å². The Morgan fingerprint density at radius 2 is 1.80 bits per heavy atom. The lowest BCUT2D eigenvalue weighted by molar-refractivity contribution is -0.138. The molecule has 10 nitrogen and oxygen atoms in total. The zero-order valence-electron chi connectivity index (χ0n) is 24.5. The van der Waals surface area contributed by atoms with Gasteiger partial charge in [-0.3, -0.25) is 14.7 Å². The van der Waals surface area contributed by atoms with Crippen molar-refractivity contribution in [2.75, 3.05) is 50.9 Å². The number of carbonyl (C=O) groups excluding carboxylic acids is 1. The molecule has 14 heteroatoms. The fraction of sp³-hybridized carbons (Fsp3) is 0.258. The summed E-state index contributed by atoms with van der Waals surface area (Å²) < 4.78 is 48.2. The standard InChI is InChI=1S/C31H30ClF3N8O2/c1-37-28-24(17-36)30(41-27(40-28)19-7-9-38-10-8-19)45-22-5-6-26(32)23(16-22)29(44)39-21-4-3-20(25(15-21)31(33,34)35)18-43-13-11-42(2)12-14-43/h3-10,15-17,36H,11-14,18H2,1-2H3,(H,39,44)(H,37,40,41). The molecule has 0 saturated carbocycles. The molecular weight excluding hydrogens is 609 g/mol. The highest BCUT2D eigenvalue weighted by Crippen LogP contribution is 2.36. The van der Waals surface area contributed by atoms with E-state index in [0.717, 1.165) is 25.4 Å². The Balaban J connectivity index is 1.39. The van der Waals surface area contributed by atoms with Gasteiger partial charge in [-0.25, -0.2) is 4.98 Å². The Morgan fingerprint density at radius 1 is 1.07 bits per heavy atom. The van der Waals surface area contributed by atoms with Gasteiger partial charge in [-0.2, -0.15) is 18.2 Å². The number of hydrogen-bond donors (Lipinski definition) is 3. The number of ether oxygens (including phenoxy) is 1. The molecule has 0 atom stereocenters. The molecule has 2 aromatic heterocycles. The van der Waals surface area contributed by atoms with Crippen LogP contribution in [0.1, 0.15) is 27.0 Å². The molecular formula is C31H30ClF3N8O2. The second-order valence-corrected chi connectivity index (χ2v) is 10.8. The summed E-state index contributed by atoms with van der Waals surface area (Å²) in [6, 6.07) is 11.5. The fourth-order valence-electron chi connectivity index (χ4n) is 4.83. The molecule has 234 valence electrons. The third kappa shape index (κ3) is 7.56. The van der Waals surface area contributed by atoms with Crippen LogP contribution in [0.5, 0.6) is 11.6 Å². The minimum absolute atomic E-state index is 0.0283. The predicted molar refractivity (Wildman–Crippen MR) is 166 cm³/mol. The van der Waals surface area contributed by atoms with Crippen molar-refractivity contribution in [1.29, 1.82) is 5.41 Å². The number of aromatic nitrogens is 3. The van der Waals surface area contributed by atoms with Crippen molar-refractivity contribution in [3.8, 4) is 23.0 Å². The summed E-state index contributed by atoms with van der Waals surface area (Å²) in [5.74, 6) is 0.119. The number of benzene rings is 2. The zero-order chi connectivity index (χ0) is 32.1. The average Bonchev–Trinajstić information content (AvgIpc) is 3.03. The lowest BCUT2D eigenvalue weighted by Crippen LogP contribution is -2.44. The van der Waals surface area contributed by atoms with Crippen LogP contribution in [0.4, 0.5) is 24.7 Å². The number of anilines is 2. The van der Waals surface area contributed by atoms with Crippen LogP contribution in [-0.2, 0) is 12.7 Å². The Bertz CT molecular complexity index is 1700. The molecule has 0 bridgehead atoms. The molecule has 0 spiro atoms. The summed E-state index contributed by atoms with van der Waals surface area (Å²) >= 11 is 6.34. The topological polar surface area (TPSA) is 119 Å². The number of carbonyl (C=O) groups is 1. The van der Waals surface area contributed by atoms with Gasteiger partial charge in [0.25, 0.3) is 5.91 Å². The van der Waals surface area contributed by atoms with E-state index in [4.69, 9.17) is 21.7 Å². The number of hydrogen-bond acceptors (Lipinski definition) is 9. The van der Waals surface area contributed by atoms with Crippen LogP contribution in [0.2, 0.25) is 5.02 Å². The smallest absolute Gasteiger partial charge is 0.416 e. The highest BCUT2D eigenvalue weighted by atomic mass is 35.5. The molecule has 3 heterocycles. The third-order valence-corrected chi connectivity index (χ3v) is 7.62. The van der Waals surface area contributed by atoms with E-state index in [1.165, 1.54) is 30.3 Å². The van der Waals surface area contributed by atoms with Gasteiger partial charge in [0.15, 0.2) is 5.82 Å². The highest BCUT2D eigenvalue weighted by molar-refractivity contribution is 6.34. The van der Waals surface area contributed by atoms with Crippen molar-refractivity contribution in [2.24, 2.45) is 0 Å². The summed E-state index contributed by atoms with van der Waals surface area (Å²) in [6.07, 6.45) is -0.399. The van der Waals surface area contributed by atoms with Gasteiger partial charge in [0, 0.05) is 69.6 Å². The maximum atomic E-state index is 14.1. The van der Waals surface area contributed by atoms with E-state index in [2.05, 4.69) is 30.5 Å². The number of alkyl halides is 3. The van der Waals surface area contributed by atoms with E-state index in [-0.39, 0.29) is 45.6 Å². The number of likely N-dealkylation sites (N-methyl/N-ethyl adjacent to an activating group) is 1. The fourth-order valence-corrected chi connectivity index (χ4v) is 5.04. The van der Waals surface area contributed by atoms with Gasteiger partial charge in [-0.15, -0.1) is 0 Å². The Kier molecular flexibility index (Phi) is 9.61. The predicted octanol–water partition coefficient (Wildman–Crippen LogP) is 6.04. The zero-order valence-corrected chi connectivity index (χ0v) is 25.2. The normalized spacial score (nSPS) is 14.2. The Morgan fingerprint density at radius 3 is 2.47 bits per heavy atom. The van der Waals surface area contributed by atoms with Crippen LogP contribution in [0.25, 0.3) is 11.4 Å². The van der Waals surface area contributed by atoms with E-state index in [0.29, 0.717) is 30.3 Å². The van der Waals surface area contributed by atoms with Gasteiger partial charge in [0.2, 0.25) is 5.88 Å². The van der Waals surface area contributed by atoms with Gasteiger partial charge in [-0.1, -0.05) is 17.7 Å². The van der Waals surface area contributed by atoms with Crippen molar-refractivity contribution in [1.82, 2.24) is 24.8 Å². The van der Waals surface area contributed by atoms with Crippen LogP contribution in [-0.4, -0.2) is 77.1 Å². The van der Waals surface area contributed by atoms with Gasteiger partial charge < -0.3 is 25.7 Å². The minimum atomic E-state index is -4.61. The van der Waals surface area contributed by atoms with Gasteiger partial charge in [0.1, 0.15) is 11.6 Å². The van der Waals surface area contributed by atoms with Crippen LogP contribution in [0.3, 0.4) is 0 Å². The van der Waals surface area contributed by atoms with E-state index in [1.807, 2.05) is 11.9 Å². The SMILES string of the molecule is CNc1nc(-c2ccncc2)nc(Oc2ccc(Cl)c(C(=O)Nc3ccc(CN4CCN(C)CC4)c(C(F)(F)F)c3)c2)c1C=N. The van der Waals surface area contributed by atoms with Crippen LogP contribution in [0, 0.1) is 5.41 Å². The van der Waals surface area contributed by atoms with Crippen molar-refractivity contribution in [3.63, 3.8) is 0 Å². The average molecular weight is 639 g/mol. The lowest BCUT2D eigenvalue weighted by atomic mass is 10.0. The van der Waals surface area contributed by atoms with Crippen molar-refractivity contribution in [2.45, 2.75) is 12.7 Å². The van der Waals surface area contributed by atoms with Gasteiger partial charge in [-0.05, 0) is 55.1 Å². The van der Waals surface area contributed by atoms with E-state index in [9.17, 15) is 18.0 Å². The first kappa shape index (κ1) is 31.8. The van der Waals surface area contributed by atoms with E-state index >= 15 is 0 Å². The molecule has 4 aromatic rings. The first-order valence-electron chi connectivity index (χ1n) is 14.0. The molecule has 1 saturated heterocycles. The molecule has 45 heavy (non-hydrogen) atoms. The number of nitrogens with zero attached hydrogens (tertiary/aromatic N) is 5. The Hall–Kier alpha value is -4.59. The Labute approximate surface area is 262 Å². The van der Waals surface area contributed by atoms with Gasteiger partial charge in [0.05, 0.1) is 21.7 Å². The maximum absolute atomic E-state index is 14.1. The quantitative estimate of drug-likeness (QED) is 0.190. The molecule has 3 N–H and O–H groups in total. The largest absolute Gasteiger partial charge is 0.438 e. The number of nitrogens with one attached hydrogen (secondary N) is 3. The first-order valence-corrected chi connectivity index (χ1v) is 14.3. The molecule has 0 aliphatic carbocycles. The lowest BCUT2D eigenvalue weighted by Gasteiger charge is -2.33. The molecule has 0 radical (unpaired) electrons. The molecule has 1 amide bonds. The molecule has 1 aliphatic rings. The van der Waals surface area contributed by atoms with Gasteiger partial charge >= 0.3 is 6.18 Å². The molecule has 1 fully saturated rings. The summed E-state index contributed by atoms with van der Waals surface area (Å²) in [7, 11) is 3.62. The second-order valence-electron chi connectivity index (χ2n) is 10.4. The highest BCUT2D eigenvalue weighted by Gasteiger charge is 2.34. The number of halogens is 4. The maximum Gasteiger partial charge on any atom is 0.416 e. The van der Waals surface area contributed by atoms with Crippen molar-refractivity contribution in [3.05, 3.63) is 88.2 Å². The summed E-state index contributed by atoms with van der Waals surface area (Å²) in [6.45, 7) is 3.05. The number of pyridine rings is 1. The van der Waals surface area contributed by atoms with Crippen LogP contribution < -0.4 is 15.4 Å². The molecule has 2 aromatic carbocycles. The number of rotatable bonds is 9. The number of amides is 1. The van der Waals surface area contributed by atoms with E-state index in [1.54, 1.807) is 31.6 Å². The number of piperazine rings is 1. The van der Waals surface area contributed by atoms with Crippen LogP contribution in [0.15, 0.2) is 60.9 Å². The molecule has 5 rings (SSSR count). The van der Waals surface area contributed by atoms with Crippen molar-refractivity contribution >= 4 is 35.2 Å².